The number of unbranched alkanes of at least 4 members (excludes halogenated alkanes) is 2. The zero-order chi connectivity index (χ0) is 25.1. The van der Waals surface area contributed by atoms with Crippen LogP contribution >= 0.6 is 0 Å². The Hall–Kier alpha value is -3.86. The van der Waals surface area contributed by atoms with Crippen LogP contribution in [0.1, 0.15) is 53.5 Å². The molecule has 1 aromatic carbocycles. The number of carboxylic acid groups (broad SMARTS) is 1. The molecule has 2 aromatic rings. The van der Waals surface area contributed by atoms with E-state index in [0.29, 0.717) is 17.0 Å². The van der Waals surface area contributed by atoms with E-state index in [4.69, 9.17) is 9.15 Å². The molecule has 1 heterocycles. The van der Waals surface area contributed by atoms with Crippen molar-refractivity contribution < 1.29 is 38.6 Å². The van der Waals surface area contributed by atoms with Gasteiger partial charge in [-0.1, -0.05) is 32.3 Å². The van der Waals surface area contributed by atoms with Crippen LogP contribution in [-0.2, 0) is 9.59 Å². The van der Waals surface area contributed by atoms with Crippen molar-refractivity contribution >= 4 is 24.2 Å². The minimum atomic E-state index is -1.16. The normalized spacial score (nSPS) is 11.4. The van der Waals surface area contributed by atoms with E-state index in [-0.39, 0.29) is 42.5 Å². The van der Waals surface area contributed by atoms with Crippen molar-refractivity contribution in [1.29, 1.82) is 0 Å². The average molecular weight is 475 g/mol. The molecule has 0 radical (unpaired) electrons. The van der Waals surface area contributed by atoms with Crippen LogP contribution in [0.25, 0.3) is 11.3 Å². The molecule has 0 spiro atoms. The molecule has 2 rings (SSSR count). The highest BCUT2D eigenvalue weighted by Crippen LogP contribution is 2.34. The molecule has 1 atom stereocenters. The fourth-order valence-corrected chi connectivity index (χ4v) is 3.38. The van der Waals surface area contributed by atoms with Gasteiger partial charge in [-0.15, -0.1) is 0 Å². The van der Waals surface area contributed by atoms with Gasteiger partial charge in [0.15, 0.2) is 5.76 Å². The van der Waals surface area contributed by atoms with Gasteiger partial charge in [-0.2, -0.15) is 0 Å². The quantitative estimate of drug-likeness (QED) is 0.107. The molecule has 0 saturated heterocycles. The van der Waals surface area contributed by atoms with Gasteiger partial charge in [-0.25, -0.2) is 9.86 Å². The van der Waals surface area contributed by atoms with Gasteiger partial charge in [0.1, 0.15) is 17.1 Å². The van der Waals surface area contributed by atoms with Gasteiger partial charge in [-0.05, 0) is 30.7 Å². The predicted octanol–water partition coefficient (Wildman–Crippen LogP) is 2.50. The zero-order valence-corrected chi connectivity index (χ0v) is 19.1. The van der Waals surface area contributed by atoms with Gasteiger partial charge in [0.2, 0.25) is 12.3 Å². The van der Waals surface area contributed by atoms with E-state index in [1.54, 1.807) is 6.07 Å². The van der Waals surface area contributed by atoms with Gasteiger partial charge < -0.3 is 24.9 Å². The summed E-state index contributed by atoms with van der Waals surface area (Å²) in [6, 6.07) is 7.46. The van der Waals surface area contributed by atoms with Gasteiger partial charge in [0.05, 0.1) is 31.8 Å². The second kappa shape index (κ2) is 13.0. The van der Waals surface area contributed by atoms with Crippen LogP contribution in [0.3, 0.4) is 0 Å². The molecule has 3 amide bonds. The Balaban J connectivity index is 2.00. The van der Waals surface area contributed by atoms with E-state index in [0.717, 1.165) is 19.3 Å². The molecule has 0 aliphatic carbocycles. The highest BCUT2D eigenvalue weighted by atomic mass is 16.5. The molecule has 0 saturated carbocycles. The Labute approximate surface area is 196 Å². The predicted molar refractivity (Wildman–Crippen MR) is 120 cm³/mol. The lowest BCUT2D eigenvalue weighted by Gasteiger charge is -2.19. The molecule has 11 nitrogen and oxygen atoms in total. The summed E-state index contributed by atoms with van der Waals surface area (Å²) in [4.78, 5) is 47.0. The van der Waals surface area contributed by atoms with Crippen molar-refractivity contribution in [2.24, 2.45) is 5.92 Å². The van der Waals surface area contributed by atoms with E-state index in [9.17, 15) is 29.5 Å². The van der Waals surface area contributed by atoms with Crippen molar-refractivity contribution in [1.82, 2.24) is 15.7 Å². The molecular weight excluding hydrogens is 446 g/mol. The summed E-state index contributed by atoms with van der Waals surface area (Å²) >= 11 is 0. The summed E-state index contributed by atoms with van der Waals surface area (Å²) in [7, 11) is 1.34. The Bertz CT molecular complexity index is 1000. The highest BCUT2D eigenvalue weighted by Gasteiger charge is 2.22. The molecule has 11 heteroatoms. The number of hydrogen-bond donors (Lipinski definition) is 4. The molecule has 0 aliphatic rings. The summed E-state index contributed by atoms with van der Waals surface area (Å²) in [5.41, 5.74) is 0.322. The molecule has 0 unspecified atom stereocenters. The topological polar surface area (TPSA) is 158 Å². The van der Waals surface area contributed by atoms with Gasteiger partial charge in [-0.3, -0.25) is 19.6 Å². The minimum Gasteiger partial charge on any atom is -0.495 e. The summed E-state index contributed by atoms with van der Waals surface area (Å²) in [5.74, 6) is -2.50. The molecule has 34 heavy (non-hydrogen) atoms. The van der Waals surface area contributed by atoms with E-state index < -0.39 is 23.7 Å². The number of methoxy groups -OCH3 is 1. The first-order valence-corrected chi connectivity index (χ1v) is 10.8. The third kappa shape index (κ3) is 7.07. The van der Waals surface area contributed by atoms with Gasteiger partial charge in [0, 0.05) is 0 Å². The Kier molecular flexibility index (Phi) is 10.1. The largest absolute Gasteiger partial charge is 0.495 e. The number of nitrogens with one attached hydrogen (secondary N) is 2. The second-order valence-corrected chi connectivity index (χ2v) is 7.50. The average Bonchev–Trinajstić information content (AvgIpc) is 3.32. The maximum Gasteiger partial charge on any atom is 0.339 e. The number of hydroxylamine groups is 2. The smallest absolute Gasteiger partial charge is 0.339 e. The van der Waals surface area contributed by atoms with Crippen molar-refractivity contribution in [2.75, 3.05) is 20.3 Å². The van der Waals surface area contributed by atoms with Crippen LogP contribution in [0.2, 0.25) is 0 Å². The Morgan fingerprint density at radius 2 is 1.94 bits per heavy atom. The number of carboxylic acids is 1. The first kappa shape index (κ1) is 26.4. The molecule has 184 valence electrons. The number of rotatable bonds is 14. The van der Waals surface area contributed by atoms with Gasteiger partial charge in [0.25, 0.3) is 5.91 Å². The third-order valence-electron chi connectivity index (χ3n) is 5.11. The van der Waals surface area contributed by atoms with E-state index >= 15 is 0 Å². The minimum absolute atomic E-state index is 0.0466. The number of para-hydroxylation sites is 1. The number of aromatic carboxylic acids is 1. The summed E-state index contributed by atoms with van der Waals surface area (Å²) < 4.78 is 10.8. The number of ether oxygens (including phenoxy) is 1. The lowest BCUT2D eigenvalue weighted by Crippen LogP contribution is -2.42. The Morgan fingerprint density at radius 1 is 1.18 bits per heavy atom. The first-order valence-electron chi connectivity index (χ1n) is 10.8. The fourth-order valence-electron chi connectivity index (χ4n) is 3.38. The number of furan rings is 1. The summed E-state index contributed by atoms with van der Waals surface area (Å²) in [6.45, 7) is 1.68. The Morgan fingerprint density at radius 3 is 2.59 bits per heavy atom. The SMILES string of the molecule is CCCCC[C@H](CN(O)C=O)C(=O)NCNC(=O)c1ccc(-c2cccc(C(=O)O)c2OC)o1. The number of nitrogens with zero attached hydrogens (tertiary/aromatic N) is 1. The molecule has 0 aliphatic heterocycles. The van der Waals surface area contributed by atoms with Crippen molar-refractivity contribution in [2.45, 2.75) is 32.6 Å². The van der Waals surface area contributed by atoms with Crippen molar-refractivity contribution in [3.8, 4) is 17.1 Å². The fraction of sp³-hybridized carbons (Fsp3) is 0.391. The first-order chi connectivity index (χ1) is 16.3. The molecule has 1 aromatic heterocycles. The van der Waals surface area contributed by atoms with Crippen LogP contribution in [-0.4, -0.2) is 59.9 Å². The molecular formula is C23H29N3O8. The number of carbonyl (C=O) groups is 4. The van der Waals surface area contributed by atoms with Crippen LogP contribution in [0.15, 0.2) is 34.7 Å². The van der Waals surface area contributed by atoms with E-state index in [1.165, 1.54) is 31.4 Å². The number of hydrogen-bond acceptors (Lipinski definition) is 7. The standard InChI is InChI=1S/C23H29N3O8/c1-3-4-5-7-15(12-26(32)14-27)21(28)24-13-25-22(29)19-11-10-18(34-19)16-8-6-9-17(23(30)31)20(16)33-2/h6,8-11,14-15,32H,3-5,7,12-13H2,1-2H3,(H,24,28)(H,25,29)(H,30,31)/t15-/m1/s1. The number of carbonyl (C=O) groups excluding carboxylic acids is 3. The van der Waals surface area contributed by atoms with Gasteiger partial charge >= 0.3 is 5.97 Å². The monoisotopic (exact) mass is 475 g/mol. The maximum absolute atomic E-state index is 12.5. The molecule has 0 bridgehead atoms. The van der Waals surface area contributed by atoms with E-state index in [1.807, 2.05) is 6.92 Å². The highest BCUT2D eigenvalue weighted by molar-refractivity contribution is 5.95. The van der Waals surface area contributed by atoms with Crippen LogP contribution in [0.4, 0.5) is 0 Å². The number of benzene rings is 1. The third-order valence-corrected chi connectivity index (χ3v) is 5.11. The van der Waals surface area contributed by atoms with Crippen molar-refractivity contribution in [3.63, 3.8) is 0 Å². The number of amides is 3. The lowest BCUT2D eigenvalue weighted by molar-refractivity contribution is -0.154. The van der Waals surface area contributed by atoms with Crippen LogP contribution in [0.5, 0.6) is 5.75 Å². The second-order valence-electron chi connectivity index (χ2n) is 7.50. The lowest BCUT2D eigenvalue weighted by atomic mass is 10.0. The molecule has 0 fully saturated rings. The molecule has 4 N–H and O–H groups in total. The van der Waals surface area contributed by atoms with E-state index in [2.05, 4.69) is 10.6 Å². The van der Waals surface area contributed by atoms with Crippen molar-refractivity contribution in [3.05, 3.63) is 41.7 Å². The van der Waals surface area contributed by atoms with Crippen LogP contribution < -0.4 is 15.4 Å². The summed E-state index contributed by atoms with van der Waals surface area (Å²) in [6.07, 6.45) is 3.34. The maximum atomic E-state index is 12.5. The zero-order valence-electron chi connectivity index (χ0n) is 19.1. The van der Waals surface area contributed by atoms with Crippen LogP contribution in [0, 0.1) is 5.92 Å². The summed E-state index contributed by atoms with van der Waals surface area (Å²) in [5, 5.41) is 24.3.